The molecule has 0 saturated carbocycles. The molecule has 0 spiro atoms. The number of anilines is 2. The van der Waals surface area contributed by atoms with Crippen molar-refractivity contribution in [2.24, 2.45) is 0 Å². The lowest BCUT2D eigenvalue weighted by Gasteiger charge is -2.13. The molecule has 9 nitrogen and oxygen atoms in total. The topological polar surface area (TPSA) is 123 Å². The van der Waals surface area contributed by atoms with Crippen molar-refractivity contribution in [3.63, 3.8) is 0 Å². The van der Waals surface area contributed by atoms with Gasteiger partial charge in [0.1, 0.15) is 5.75 Å². The van der Waals surface area contributed by atoms with Gasteiger partial charge in [0.15, 0.2) is 6.29 Å². The van der Waals surface area contributed by atoms with Crippen LogP contribution in [0.2, 0.25) is 0 Å². The quantitative estimate of drug-likeness (QED) is 0.130. The lowest BCUT2D eigenvalue weighted by Crippen LogP contribution is -2.17. The van der Waals surface area contributed by atoms with Crippen LogP contribution in [0.25, 0.3) is 0 Å². The predicted molar refractivity (Wildman–Crippen MR) is 143 cm³/mol. The van der Waals surface area contributed by atoms with Gasteiger partial charge in [-0.3, -0.25) is 9.59 Å². The fourth-order valence-electron chi connectivity index (χ4n) is 3.37. The molecule has 38 heavy (non-hydrogen) atoms. The molecule has 9 heteroatoms. The maximum Gasteiger partial charge on any atom is 0.339 e. The molecule has 0 aromatic heterocycles. The molecule has 0 saturated heterocycles. The number of nitrogens with one attached hydrogen (secondary N) is 2. The molecular formula is C29H30N2O7. The molecule has 3 aromatic rings. The van der Waals surface area contributed by atoms with Crippen LogP contribution in [0.1, 0.15) is 43.9 Å². The summed E-state index contributed by atoms with van der Waals surface area (Å²) in [6.45, 7) is 4.27. The highest BCUT2D eigenvalue weighted by atomic mass is 16.6. The van der Waals surface area contributed by atoms with Crippen LogP contribution in [0.5, 0.6) is 5.75 Å². The molecule has 0 aliphatic carbocycles. The van der Waals surface area contributed by atoms with Gasteiger partial charge in [-0.1, -0.05) is 24.8 Å². The van der Waals surface area contributed by atoms with Gasteiger partial charge in [-0.05, 0) is 73.5 Å². The van der Waals surface area contributed by atoms with Crippen molar-refractivity contribution < 1.29 is 33.7 Å². The van der Waals surface area contributed by atoms with Crippen LogP contribution in [-0.4, -0.2) is 49.5 Å². The third kappa shape index (κ3) is 8.29. The number of unbranched alkanes of at least 4 members (excludes halogenated alkanes) is 1. The number of aliphatic hydroxyl groups excluding tert-OH is 1. The van der Waals surface area contributed by atoms with Gasteiger partial charge >= 0.3 is 5.97 Å². The number of aliphatic hydroxyl groups is 1. The molecular weight excluding hydrogens is 488 g/mol. The third-order valence-electron chi connectivity index (χ3n) is 5.38. The summed E-state index contributed by atoms with van der Waals surface area (Å²) in [6.07, 6.45) is 1.78. The van der Waals surface area contributed by atoms with Crippen molar-refractivity contribution in [3.8, 4) is 5.75 Å². The van der Waals surface area contributed by atoms with Crippen LogP contribution in [0.15, 0.2) is 85.5 Å². The Morgan fingerprint density at radius 1 is 0.895 bits per heavy atom. The number of hydrogen-bond donors (Lipinski definition) is 3. The zero-order valence-corrected chi connectivity index (χ0v) is 21.0. The average molecular weight is 519 g/mol. The number of methoxy groups -OCH3 is 1. The molecule has 0 heterocycles. The van der Waals surface area contributed by atoms with E-state index in [2.05, 4.69) is 17.2 Å². The number of benzene rings is 3. The first-order valence-electron chi connectivity index (χ1n) is 12.0. The number of ether oxygens (including phenoxy) is 3. The fraction of sp³-hybridized carbons (Fsp3) is 0.207. The van der Waals surface area contributed by atoms with Crippen LogP contribution in [0.3, 0.4) is 0 Å². The van der Waals surface area contributed by atoms with Crippen LogP contribution in [-0.2, 0) is 9.47 Å². The largest absolute Gasteiger partial charge is 0.494 e. The molecule has 1 atom stereocenters. The summed E-state index contributed by atoms with van der Waals surface area (Å²) in [5.41, 5.74) is 1.55. The Hall–Kier alpha value is -4.47. The van der Waals surface area contributed by atoms with E-state index in [0.717, 1.165) is 6.42 Å². The van der Waals surface area contributed by atoms with E-state index in [-0.39, 0.29) is 17.2 Å². The number of carbonyl (C=O) groups excluding carboxylic acids is 3. The maximum atomic E-state index is 12.9. The van der Waals surface area contributed by atoms with Crippen molar-refractivity contribution in [2.45, 2.75) is 19.1 Å². The SMILES string of the molecule is C=CC(O)OCCCCOc1ccc(C(=O)Nc2cc(NC(=O)c3ccccc3)ccc2C(=O)OC)cc1. The first-order chi connectivity index (χ1) is 18.4. The second-order valence-electron chi connectivity index (χ2n) is 8.10. The summed E-state index contributed by atoms with van der Waals surface area (Å²) in [4.78, 5) is 37.7. The molecule has 0 aliphatic rings. The Labute approximate surface area is 221 Å². The second kappa shape index (κ2) is 14.3. The van der Waals surface area contributed by atoms with Crippen molar-refractivity contribution in [2.75, 3.05) is 31.0 Å². The molecule has 0 bridgehead atoms. The Morgan fingerprint density at radius 3 is 2.24 bits per heavy atom. The molecule has 3 N–H and O–H groups in total. The number of amides is 2. The van der Waals surface area contributed by atoms with Gasteiger partial charge in [0.2, 0.25) is 0 Å². The summed E-state index contributed by atoms with van der Waals surface area (Å²) in [7, 11) is 1.25. The minimum Gasteiger partial charge on any atom is -0.494 e. The van der Waals surface area contributed by atoms with Gasteiger partial charge in [0.25, 0.3) is 11.8 Å². The molecule has 0 aliphatic heterocycles. The van der Waals surface area contributed by atoms with Crippen molar-refractivity contribution in [3.05, 3.63) is 102 Å². The molecule has 198 valence electrons. The zero-order valence-electron chi connectivity index (χ0n) is 21.0. The fourth-order valence-corrected chi connectivity index (χ4v) is 3.37. The predicted octanol–water partition coefficient (Wildman–Crippen LogP) is 4.66. The standard InChI is InChI=1S/C29H30N2O7/c1-3-26(32)38-18-8-7-17-37-23-14-11-21(12-15-23)28(34)31-25-19-22(13-16-24(25)29(35)36-2)30-27(33)20-9-5-4-6-10-20/h3-6,9-16,19,26,32H,1,7-8,17-18H2,2H3,(H,30,33)(H,31,34). The number of rotatable bonds is 13. The van der Waals surface area contributed by atoms with Crippen LogP contribution in [0.4, 0.5) is 11.4 Å². The maximum absolute atomic E-state index is 12.9. The molecule has 0 radical (unpaired) electrons. The lowest BCUT2D eigenvalue weighted by atomic mass is 10.1. The van der Waals surface area contributed by atoms with E-state index in [1.807, 2.05) is 6.07 Å². The van der Waals surface area contributed by atoms with E-state index in [1.54, 1.807) is 54.6 Å². The van der Waals surface area contributed by atoms with Gasteiger partial charge < -0.3 is 30.0 Å². The average Bonchev–Trinajstić information content (AvgIpc) is 2.95. The Kier molecular flexibility index (Phi) is 10.6. The van der Waals surface area contributed by atoms with Gasteiger partial charge in [0.05, 0.1) is 31.6 Å². The molecule has 1 unspecified atom stereocenters. The Bertz CT molecular complexity index is 1240. The second-order valence-corrected chi connectivity index (χ2v) is 8.10. The van der Waals surface area contributed by atoms with E-state index in [9.17, 15) is 19.5 Å². The van der Waals surface area contributed by atoms with E-state index in [4.69, 9.17) is 14.2 Å². The van der Waals surface area contributed by atoms with Crippen LogP contribution < -0.4 is 15.4 Å². The summed E-state index contributed by atoms with van der Waals surface area (Å²) in [5, 5.41) is 14.7. The first kappa shape index (κ1) is 28.1. The van der Waals surface area contributed by atoms with Crippen molar-refractivity contribution in [1.29, 1.82) is 0 Å². The number of hydrogen-bond acceptors (Lipinski definition) is 7. The molecule has 3 rings (SSSR count). The van der Waals surface area contributed by atoms with Gasteiger partial charge in [-0.25, -0.2) is 4.79 Å². The highest BCUT2D eigenvalue weighted by molar-refractivity contribution is 6.09. The zero-order chi connectivity index (χ0) is 27.3. The van der Waals surface area contributed by atoms with E-state index in [0.29, 0.717) is 42.2 Å². The van der Waals surface area contributed by atoms with Crippen molar-refractivity contribution in [1.82, 2.24) is 0 Å². The summed E-state index contributed by atoms with van der Waals surface area (Å²) < 4.78 is 15.6. The minimum atomic E-state index is -0.964. The highest BCUT2D eigenvalue weighted by Gasteiger charge is 2.17. The highest BCUT2D eigenvalue weighted by Crippen LogP contribution is 2.24. The first-order valence-corrected chi connectivity index (χ1v) is 12.0. The summed E-state index contributed by atoms with van der Waals surface area (Å²) in [5.74, 6) is -0.818. The Morgan fingerprint density at radius 2 is 1.55 bits per heavy atom. The number of esters is 1. The van der Waals surface area contributed by atoms with E-state index < -0.39 is 18.2 Å². The normalized spacial score (nSPS) is 11.2. The van der Waals surface area contributed by atoms with Crippen LogP contribution in [0, 0.1) is 0 Å². The number of carbonyl (C=O) groups is 3. The molecule has 0 fully saturated rings. The monoisotopic (exact) mass is 518 g/mol. The van der Waals surface area contributed by atoms with E-state index >= 15 is 0 Å². The smallest absolute Gasteiger partial charge is 0.339 e. The minimum absolute atomic E-state index is 0.142. The molecule has 3 aromatic carbocycles. The van der Waals surface area contributed by atoms with E-state index in [1.165, 1.54) is 25.3 Å². The Balaban J connectivity index is 1.62. The lowest BCUT2D eigenvalue weighted by molar-refractivity contribution is -0.0652. The van der Waals surface area contributed by atoms with Crippen LogP contribution >= 0.6 is 0 Å². The summed E-state index contributed by atoms with van der Waals surface area (Å²) in [6, 6.07) is 19.8. The third-order valence-corrected chi connectivity index (χ3v) is 5.38. The van der Waals surface area contributed by atoms with Gasteiger partial charge in [-0.15, -0.1) is 0 Å². The molecule has 2 amide bonds. The van der Waals surface area contributed by atoms with Crippen molar-refractivity contribution >= 4 is 29.2 Å². The van der Waals surface area contributed by atoms with Gasteiger partial charge in [-0.2, -0.15) is 0 Å². The van der Waals surface area contributed by atoms with Gasteiger partial charge in [0, 0.05) is 16.8 Å². The summed E-state index contributed by atoms with van der Waals surface area (Å²) >= 11 is 0.